The molecule has 0 bridgehead atoms. The van der Waals surface area contributed by atoms with Crippen LogP contribution in [0.5, 0.6) is 0 Å². The fourth-order valence-electron chi connectivity index (χ4n) is 0. The predicted molar refractivity (Wildman–Crippen MR) is 15.2 cm³/mol. The van der Waals surface area contributed by atoms with Crippen molar-refractivity contribution in [2.75, 3.05) is 0 Å². The molecule has 0 amide bonds. The Labute approximate surface area is 59.3 Å². The normalized spacial score (nSPS) is 5.67. The van der Waals surface area contributed by atoms with Crippen LogP contribution in [0.1, 0.15) is 0 Å². The van der Waals surface area contributed by atoms with Crippen molar-refractivity contribution in [1.29, 1.82) is 0 Å². The maximum atomic E-state index is 9.50. The second-order valence-electron chi connectivity index (χ2n) is 0.471. The number of carbonyl (C=O) groups excluding carboxylic acids is 1. The zero-order chi connectivity index (χ0) is 4.28. The maximum Gasteiger partial charge on any atom is 0 e. The van der Waals surface area contributed by atoms with Gasteiger partial charge in [-0.1, -0.05) is 0 Å². The van der Waals surface area contributed by atoms with E-state index in [1.165, 1.54) is 0 Å². The fraction of sp³-hybridized carbons (Fsp3) is 0. The zero-order valence-corrected chi connectivity index (χ0v) is 5.85. The summed E-state index contributed by atoms with van der Waals surface area (Å²) in [5.74, 6) is 0. The van der Waals surface area contributed by atoms with Crippen LogP contribution < -0.4 is 0 Å². The first-order valence-corrected chi connectivity index (χ1v) is 1.52. The van der Waals surface area contributed by atoms with E-state index in [2.05, 4.69) is 22.6 Å². The summed E-state index contributed by atoms with van der Waals surface area (Å²) >= 11 is 4.15. The van der Waals surface area contributed by atoms with E-state index in [1.807, 2.05) is 0 Å². The van der Waals surface area contributed by atoms with Crippen LogP contribution in [-0.2, 0) is 41.9 Å². The summed E-state index contributed by atoms with van der Waals surface area (Å²) in [6, 6.07) is 0. The first-order chi connectivity index (χ1) is 2.27. The van der Waals surface area contributed by atoms with Gasteiger partial charge in [-0.15, -0.1) is 0 Å². The van der Waals surface area contributed by atoms with Crippen molar-refractivity contribution in [3.63, 3.8) is 0 Å². The van der Waals surface area contributed by atoms with E-state index in [0.29, 0.717) is 0 Å². The zero-order valence-electron chi connectivity index (χ0n) is 2.90. The summed E-state index contributed by atoms with van der Waals surface area (Å²) in [4.78, 5) is 9.50. The molecule has 3 heteroatoms. The van der Waals surface area contributed by atoms with Gasteiger partial charge in [0.05, 0.1) is 0 Å². The molecule has 0 aromatic heterocycles. The Morgan fingerprint density at radius 2 is 2.00 bits per heavy atom. The molecule has 0 aliphatic carbocycles. The molecule has 0 aliphatic heterocycles. The molecule has 1 nitrogen and oxygen atoms in total. The van der Waals surface area contributed by atoms with Gasteiger partial charge in [0, 0.05) is 21.1 Å². The van der Waals surface area contributed by atoms with E-state index in [0.717, 1.165) is 6.08 Å². The number of rotatable bonds is 1. The first kappa shape index (κ1) is 9.79. The molecule has 0 fully saturated rings. The summed E-state index contributed by atoms with van der Waals surface area (Å²) in [7, 11) is 0. The van der Waals surface area contributed by atoms with Gasteiger partial charge in [0.2, 0.25) is 0 Å². The molecule has 0 aromatic carbocycles. The van der Waals surface area contributed by atoms with Crippen molar-refractivity contribution in [3.05, 3.63) is 12.7 Å². The minimum atomic E-state index is -0.419. The Kier molecular flexibility index (Phi) is 9.17. The topological polar surface area (TPSA) is 17.1 Å². The van der Waals surface area contributed by atoms with Gasteiger partial charge in [0.15, 0.2) is 0 Å². The van der Waals surface area contributed by atoms with Crippen molar-refractivity contribution in [2.24, 2.45) is 0 Å². The standard InChI is InChI=1S/C3H3O.Cu.Mo/c1-2-3-4;;/h2H,1H2;;. The molecule has 0 radical (unpaired) electrons. The SMILES string of the molecule is C=C[C](=O)[Cu].[Mo]. The van der Waals surface area contributed by atoms with Crippen molar-refractivity contribution in [1.82, 2.24) is 0 Å². The van der Waals surface area contributed by atoms with Crippen molar-refractivity contribution in [2.45, 2.75) is 0 Å². The van der Waals surface area contributed by atoms with Crippen molar-refractivity contribution < 1.29 is 41.9 Å². The molecular weight excluding hydrogens is 212 g/mol. The second kappa shape index (κ2) is 5.62. The summed E-state index contributed by atoms with van der Waals surface area (Å²) < 4.78 is -0.419. The molecule has 0 unspecified atom stereocenters. The number of allylic oxidation sites excluding steroid dienone is 1. The van der Waals surface area contributed by atoms with Gasteiger partial charge in [-0.2, -0.15) is 0 Å². The Bertz CT molecular complexity index is 61.8. The van der Waals surface area contributed by atoms with Crippen molar-refractivity contribution >= 4 is 4.68 Å². The Morgan fingerprint density at radius 1 is 1.83 bits per heavy atom. The maximum absolute atomic E-state index is 9.50. The van der Waals surface area contributed by atoms with Crippen LogP contribution >= 0.6 is 0 Å². The molecule has 0 rings (SSSR count). The predicted octanol–water partition coefficient (Wildman–Crippen LogP) is 0.243. The monoisotopic (exact) mass is 216 g/mol. The molecule has 6 heavy (non-hydrogen) atoms. The summed E-state index contributed by atoms with van der Waals surface area (Å²) in [6.07, 6.45) is 1.08. The number of carbonyl (C=O) groups is 1. The van der Waals surface area contributed by atoms with Gasteiger partial charge in [0.25, 0.3) is 0 Å². The minimum absolute atomic E-state index is 0. The Morgan fingerprint density at radius 3 is 2.00 bits per heavy atom. The first-order valence-electron chi connectivity index (χ1n) is 1.05. The van der Waals surface area contributed by atoms with Crippen LogP contribution in [0.15, 0.2) is 12.7 Å². The van der Waals surface area contributed by atoms with Gasteiger partial charge in [-0.25, -0.2) is 0 Å². The largest absolute Gasteiger partial charge is 0 e. The van der Waals surface area contributed by atoms with Gasteiger partial charge in [-0.05, 0) is 0 Å². The number of hydrogen-bond donors (Lipinski definition) is 0. The van der Waals surface area contributed by atoms with Crippen LogP contribution in [0.4, 0.5) is 0 Å². The smallest absolute Gasteiger partial charge is 0 e. The Hall–Kier alpha value is 0.618. The average Bonchev–Trinajstić information content (AvgIpc) is 1.38. The fourth-order valence-corrected chi connectivity index (χ4v) is 0. The van der Waals surface area contributed by atoms with Crippen LogP contribution in [0, 0.1) is 0 Å². The molecule has 0 N–H and O–H groups in total. The van der Waals surface area contributed by atoms with E-state index in [9.17, 15) is 4.79 Å². The third-order valence-electron chi connectivity index (χ3n) is 0.145. The van der Waals surface area contributed by atoms with Crippen LogP contribution in [-0.4, -0.2) is 4.68 Å². The summed E-state index contributed by atoms with van der Waals surface area (Å²) in [6.45, 7) is 3.10. The summed E-state index contributed by atoms with van der Waals surface area (Å²) in [5, 5.41) is 0. The second-order valence-corrected chi connectivity index (χ2v) is 0.935. The van der Waals surface area contributed by atoms with Crippen LogP contribution in [0.3, 0.4) is 0 Å². The molecule has 38 valence electrons. The molecule has 0 spiro atoms. The van der Waals surface area contributed by atoms with Crippen molar-refractivity contribution in [3.8, 4) is 0 Å². The van der Waals surface area contributed by atoms with Crippen LogP contribution in [0.2, 0.25) is 0 Å². The minimum Gasteiger partial charge on any atom is 0 e. The van der Waals surface area contributed by atoms with Gasteiger partial charge < -0.3 is 0 Å². The van der Waals surface area contributed by atoms with Gasteiger partial charge in [0.1, 0.15) is 0 Å². The van der Waals surface area contributed by atoms with Gasteiger partial charge >= 0.3 is 38.1 Å². The van der Waals surface area contributed by atoms with E-state index in [-0.39, 0.29) is 21.1 Å². The molecular formula is C3H3CuMoO. The number of hydrogen-bond acceptors (Lipinski definition) is 1. The quantitative estimate of drug-likeness (QED) is 0.452. The average molecular weight is 215 g/mol. The third kappa shape index (κ3) is 8.82. The van der Waals surface area contributed by atoms with E-state index >= 15 is 0 Å². The van der Waals surface area contributed by atoms with Crippen LogP contribution in [0.25, 0.3) is 0 Å². The third-order valence-corrected chi connectivity index (χ3v) is 0.337. The molecule has 0 saturated heterocycles. The van der Waals surface area contributed by atoms with E-state index in [4.69, 9.17) is 0 Å². The van der Waals surface area contributed by atoms with E-state index < -0.39 is 4.68 Å². The molecule has 0 saturated carbocycles. The summed E-state index contributed by atoms with van der Waals surface area (Å²) in [5.41, 5.74) is 0. The molecule has 0 aromatic rings. The van der Waals surface area contributed by atoms with Gasteiger partial charge in [-0.3, -0.25) is 0 Å². The molecule has 0 atom stereocenters. The molecule has 0 aliphatic rings. The van der Waals surface area contributed by atoms with E-state index in [1.54, 1.807) is 0 Å². The molecule has 0 heterocycles. The Balaban J connectivity index is 0.